The zero-order valence-electron chi connectivity index (χ0n) is 9.54. The lowest BCUT2D eigenvalue weighted by atomic mass is 10.4. The lowest BCUT2D eigenvalue weighted by molar-refractivity contribution is 0.530. The highest BCUT2D eigenvalue weighted by atomic mass is 16.2. The Morgan fingerprint density at radius 1 is 1.47 bits per heavy atom. The van der Waals surface area contributed by atoms with E-state index in [1.54, 1.807) is 18.6 Å². The molecule has 0 spiro atoms. The molecule has 0 aliphatic heterocycles. The Balaban J connectivity index is 1.67. The van der Waals surface area contributed by atoms with Crippen molar-refractivity contribution >= 4 is 5.65 Å². The van der Waals surface area contributed by atoms with Crippen molar-refractivity contribution in [2.75, 3.05) is 13.1 Å². The first-order valence-corrected chi connectivity index (χ1v) is 5.94. The van der Waals surface area contributed by atoms with Crippen molar-refractivity contribution in [3.63, 3.8) is 0 Å². The van der Waals surface area contributed by atoms with Crippen LogP contribution < -0.4 is 11.0 Å². The van der Waals surface area contributed by atoms with Gasteiger partial charge in [0, 0.05) is 18.9 Å². The van der Waals surface area contributed by atoms with Crippen molar-refractivity contribution in [1.82, 2.24) is 24.5 Å². The summed E-state index contributed by atoms with van der Waals surface area (Å²) < 4.78 is 2.99. The van der Waals surface area contributed by atoms with Crippen molar-refractivity contribution in [3.8, 4) is 0 Å². The van der Waals surface area contributed by atoms with E-state index in [2.05, 4.69) is 15.4 Å². The molecule has 2 heterocycles. The van der Waals surface area contributed by atoms with Gasteiger partial charge in [0.15, 0.2) is 5.65 Å². The molecule has 1 N–H and O–H groups in total. The number of aromatic nitrogens is 4. The van der Waals surface area contributed by atoms with Gasteiger partial charge in [0.2, 0.25) is 0 Å². The van der Waals surface area contributed by atoms with Crippen LogP contribution in [0.15, 0.2) is 23.4 Å². The molecule has 6 heteroatoms. The van der Waals surface area contributed by atoms with Crippen LogP contribution in [0.3, 0.4) is 0 Å². The SMILES string of the molecule is O=c1n(CCNCC2CC2)nc2cnccn12. The van der Waals surface area contributed by atoms with Crippen LogP contribution in [0.1, 0.15) is 12.8 Å². The molecule has 90 valence electrons. The fourth-order valence-corrected chi connectivity index (χ4v) is 1.84. The molecule has 1 aliphatic carbocycles. The molecule has 1 aliphatic rings. The predicted molar refractivity (Wildman–Crippen MR) is 62.8 cm³/mol. The maximum absolute atomic E-state index is 11.9. The first-order valence-electron chi connectivity index (χ1n) is 5.94. The van der Waals surface area contributed by atoms with Crippen LogP contribution in [-0.4, -0.2) is 32.3 Å². The lowest BCUT2D eigenvalue weighted by Crippen LogP contribution is -2.28. The second-order valence-electron chi connectivity index (χ2n) is 4.46. The van der Waals surface area contributed by atoms with E-state index in [9.17, 15) is 4.79 Å². The topological polar surface area (TPSA) is 64.2 Å². The highest BCUT2D eigenvalue weighted by Crippen LogP contribution is 2.27. The molecule has 17 heavy (non-hydrogen) atoms. The van der Waals surface area contributed by atoms with Crippen molar-refractivity contribution in [3.05, 3.63) is 29.1 Å². The zero-order chi connectivity index (χ0) is 11.7. The molecular weight excluding hydrogens is 218 g/mol. The van der Waals surface area contributed by atoms with Crippen molar-refractivity contribution < 1.29 is 0 Å². The summed E-state index contributed by atoms with van der Waals surface area (Å²) in [4.78, 5) is 15.8. The third kappa shape index (κ3) is 2.21. The molecule has 0 unspecified atom stereocenters. The van der Waals surface area contributed by atoms with E-state index >= 15 is 0 Å². The molecule has 0 bridgehead atoms. The number of hydrogen-bond acceptors (Lipinski definition) is 4. The maximum Gasteiger partial charge on any atom is 0.350 e. The van der Waals surface area contributed by atoms with E-state index in [1.807, 2.05) is 0 Å². The van der Waals surface area contributed by atoms with E-state index in [-0.39, 0.29) is 5.69 Å². The van der Waals surface area contributed by atoms with Gasteiger partial charge in [-0.2, -0.15) is 0 Å². The van der Waals surface area contributed by atoms with Gasteiger partial charge in [0.05, 0.1) is 12.7 Å². The summed E-state index contributed by atoms with van der Waals surface area (Å²) in [6.45, 7) is 2.45. The van der Waals surface area contributed by atoms with Crippen LogP contribution in [0.4, 0.5) is 0 Å². The number of hydrogen-bond donors (Lipinski definition) is 1. The van der Waals surface area contributed by atoms with E-state index in [4.69, 9.17) is 0 Å². The fourth-order valence-electron chi connectivity index (χ4n) is 1.84. The minimum atomic E-state index is -0.101. The number of nitrogens with zero attached hydrogens (tertiary/aromatic N) is 4. The monoisotopic (exact) mass is 233 g/mol. The van der Waals surface area contributed by atoms with Gasteiger partial charge in [0.1, 0.15) is 0 Å². The van der Waals surface area contributed by atoms with E-state index in [0.717, 1.165) is 19.0 Å². The third-order valence-corrected chi connectivity index (χ3v) is 3.02. The molecule has 3 rings (SSSR count). The van der Waals surface area contributed by atoms with Crippen LogP contribution >= 0.6 is 0 Å². The maximum atomic E-state index is 11.9. The fraction of sp³-hybridized carbons (Fsp3) is 0.545. The Bertz CT molecular complexity index is 568. The molecular formula is C11H15N5O. The van der Waals surface area contributed by atoms with Crippen molar-refractivity contribution in [1.29, 1.82) is 0 Å². The molecule has 2 aromatic rings. The van der Waals surface area contributed by atoms with E-state index in [0.29, 0.717) is 12.2 Å². The summed E-state index contributed by atoms with van der Waals surface area (Å²) in [5.41, 5.74) is 0.496. The zero-order valence-corrected chi connectivity index (χ0v) is 9.54. The highest BCUT2D eigenvalue weighted by molar-refractivity contribution is 5.31. The Morgan fingerprint density at radius 3 is 3.12 bits per heavy atom. The van der Waals surface area contributed by atoms with Gasteiger partial charge in [0.25, 0.3) is 0 Å². The average Bonchev–Trinajstić information content (AvgIpc) is 3.12. The Hall–Kier alpha value is -1.69. The Labute approximate surface area is 98.3 Å². The summed E-state index contributed by atoms with van der Waals surface area (Å²) in [6.07, 6.45) is 7.50. The minimum Gasteiger partial charge on any atom is -0.315 e. The van der Waals surface area contributed by atoms with Crippen LogP contribution in [0, 0.1) is 5.92 Å². The lowest BCUT2D eigenvalue weighted by Gasteiger charge is -2.01. The molecule has 0 atom stereocenters. The van der Waals surface area contributed by atoms with Crippen LogP contribution in [0.5, 0.6) is 0 Å². The normalized spacial score (nSPS) is 15.5. The Morgan fingerprint density at radius 2 is 2.35 bits per heavy atom. The smallest absolute Gasteiger partial charge is 0.315 e. The summed E-state index contributed by atoms with van der Waals surface area (Å²) in [6, 6.07) is 0. The molecule has 6 nitrogen and oxygen atoms in total. The predicted octanol–water partition coefficient (Wildman–Crippen LogP) is -0.109. The molecule has 2 aromatic heterocycles. The molecule has 0 saturated heterocycles. The van der Waals surface area contributed by atoms with Gasteiger partial charge in [-0.3, -0.25) is 4.98 Å². The summed E-state index contributed by atoms with van der Waals surface area (Å²) in [5, 5.41) is 7.55. The molecule has 0 amide bonds. The number of fused-ring (bicyclic) bond motifs is 1. The van der Waals surface area contributed by atoms with Gasteiger partial charge >= 0.3 is 5.69 Å². The standard InChI is InChI=1S/C11H15N5O/c17-11-15-5-3-13-8-10(15)14-16(11)6-4-12-7-9-1-2-9/h3,5,8-9,12H,1-2,4,6-7H2. The third-order valence-electron chi connectivity index (χ3n) is 3.02. The largest absolute Gasteiger partial charge is 0.350 e. The molecule has 0 radical (unpaired) electrons. The van der Waals surface area contributed by atoms with Gasteiger partial charge in [-0.25, -0.2) is 13.9 Å². The van der Waals surface area contributed by atoms with Crippen molar-refractivity contribution in [2.45, 2.75) is 19.4 Å². The first-order chi connectivity index (χ1) is 8.34. The molecule has 1 saturated carbocycles. The van der Waals surface area contributed by atoms with Gasteiger partial charge in [-0.05, 0) is 25.3 Å². The van der Waals surface area contributed by atoms with Gasteiger partial charge in [-0.1, -0.05) is 0 Å². The van der Waals surface area contributed by atoms with Gasteiger partial charge < -0.3 is 5.32 Å². The number of nitrogens with one attached hydrogen (secondary N) is 1. The summed E-state index contributed by atoms with van der Waals surface area (Å²) in [5.74, 6) is 0.858. The first kappa shape index (κ1) is 10.5. The van der Waals surface area contributed by atoms with E-state index < -0.39 is 0 Å². The average molecular weight is 233 g/mol. The van der Waals surface area contributed by atoms with Crippen LogP contribution in [-0.2, 0) is 6.54 Å². The van der Waals surface area contributed by atoms with Gasteiger partial charge in [-0.15, -0.1) is 5.10 Å². The van der Waals surface area contributed by atoms with Crippen LogP contribution in [0.25, 0.3) is 5.65 Å². The Kier molecular flexibility index (Phi) is 2.64. The summed E-state index contributed by atoms with van der Waals surface area (Å²) >= 11 is 0. The second-order valence-corrected chi connectivity index (χ2v) is 4.46. The summed E-state index contributed by atoms with van der Waals surface area (Å²) in [7, 11) is 0. The number of rotatable bonds is 5. The van der Waals surface area contributed by atoms with E-state index in [1.165, 1.54) is 21.9 Å². The molecule has 1 fully saturated rings. The quantitative estimate of drug-likeness (QED) is 0.732. The molecule has 0 aromatic carbocycles. The highest BCUT2D eigenvalue weighted by Gasteiger charge is 2.20. The van der Waals surface area contributed by atoms with Crippen LogP contribution in [0.2, 0.25) is 0 Å². The second kappa shape index (κ2) is 4.29. The minimum absolute atomic E-state index is 0.101. The van der Waals surface area contributed by atoms with Crippen molar-refractivity contribution in [2.24, 2.45) is 5.92 Å².